The molecule has 1 N–H and O–H groups in total. The summed E-state index contributed by atoms with van der Waals surface area (Å²) in [7, 11) is 2.52. The van der Waals surface area contributed by atoms with Crippen molar-refractivity contribution in [2.45, 2.75) is 4.90 Å². The molecule has 0 aliphatic heterocycles. The van der Waals surface area contributed by atoms with Crippen molar-refractivity contribution < 1.29 is 22.7 Å². The van der Waals surface area contributed by atoms with E-state index < -0.39 is 10.0 Å². The van der Waals surface area contributed by atoms with E-state index in [0.717, 1.165) is 26.5 Å². The number of aromatic nitrogens is 1. The molecule has 0 atom stereocenters. The molecule has 180 valence electrons. The van der Waals surface area contributed by atoms with Crippen molar-refractivity contribution in [3.8, 4) is 22.8 Å². The van der Waals surface area contributed by atoms with Crippen LogP contribution in [0.25, 0.3) is 28.2 Å². The van der Waals surface area contributed by atoms with Crippen molar-refractivity contribution in [1.82, 2.24) is 9.29 Å². The van der Waals surface area contributed by atoms with Crippen LogP contribution in [0.5, 0.6) is 11.5 Å². The Morgan fingerprint density at radius 1 is 0.914 bits per heavy atom. The minimum absolute atomic E-state index is 0.128. The van der Waals surface area contributed by atoms with Crippen molar-refractivity contribution in [3.05, 3.63) is 83.9 Å². The molecule has 0 aliphatic rings. The standard InChI is InChI=1S/C27H26N2O5S/c1-29(2)35(31,32)21-12-9-18(10-13-21)25(30)14-11-20-15-22(27(34-4)17-26(20)33-3)24-16-19-7-5-6-8-23(19)28-24/h5-17,28H,1-4H3/b14-11+. The van der Waals surface area contributed by atoms with Gasteiger partial charge < -0.3 is 14.5 Å². The average Bonchev–Trinajstić information content (AvgIpc) is 3.30. The fourth-order valence-electron chi connectivity index (χ4n) is 3.75. The van der Waals surface area contributed by atoms with E-state index >= 15 is 0 Å². The van der Waals surface area contributed by atoms with Crippen LogP contribution >= 0.6 is 0 Å². The van der Waals surface area contributed by atoms with Crippen molar-refractivity contribution in [2.75, 3.05) is 28.3 Å². The third-order valence-electron chi connectivity index (χ3n) is 5.70. The van der Waals surface area contributed by atoms with Gasteiger partial charge in [-0.25, -0.2) is 12.7 Å². The van der Waals surface area contributed by atoms with Gasteiger partial charge in [-0.2, -0.15) is 0 Å². The monoisotopic (exact) mass is 490 g/mol. The van der Waals surface area contributed by atoms with Gasteiger partial charge >= 0.3 is 0 Å². The summed E-state index contributed by atoms with van der Waals surface area (Å²) < 4.78 is 36.8. The number of ether oxygens (including phenoxy) is 2. The number of carbonyl (C=O) groups is 1. The maximum absolute atomic E-state index is 12.8. The number of carbonyl (C=O) groups excluding carboxylic acids is 1. The first-order chi connectivity index (χ1) is 16.7. The van der Waals surface area contributed by atoms with E-state index in [9.17, 15) is 13.2 Å². The van der Waals surface area contributed by atoms with Crippen molar-refractivity contribution in [2.24, 2.45) is 0 Å². The number of para-hydroxylation sites is 1. The van der Waals surface area contributed by atoms with Gasteiger partial charge in [0.25, 0.3) is 0 Å². The zero-order valence-corrected chi connectivity index (χ0v) is 20.7. The van der Waals surface area contributed by atoms with Gasteiger partial charge in [0.1, 0.15) is 11.5 Å². The number of hydrogen-bond donors (Lipinski definition) is 1. The summed E-state index contributed by atoms with van der Waals surface area (Å²) in [5, 5.41) is 1.08. The Balaban J connectivity index is 1.67. The smallest absolute Gasteiger partial charge is 0.242 e. The first kappa shape index (κ1) is 24.3. The summed E-state index contributed by atoms with van der Waals surface area (Å²) in [5.74, 6) is 0.927. The van der Waals surface area contributed by atoms with Gasteiger partial charge in [0.15, 0.2) is 5.78 Å². The van der Waals surface area contributed by atoms with E-state index in [4.69, 9.17) is 9.47 Å². The highest BCUT2D eigenvalue weighted by molar-refractivity contribution is 7.89. The Kier molecular flexibility index (Phi) is 6.77. The van der Waals surface area contributed by atoms with E-state index in [1.165, 1.54) is 44.4 Å². The molecule has 0 fully saturated rings. The first-order valence-electron chi connectivity index (χ1n) is 10.8. The number of nitrogens with one attached hydrogen (secondary N) is 1. The second-order valence-corrected chi connectivity index (χ2v) is 10.2. The minimum atomic E-state index is -3.56. The molecule has 7 nitrogen and oxygen atoms in total. The van der Waals surface area contributed by atoms with Gasteiger partial charge in [0.05, 0.1) is 24.8 Å². The molecule has 8 heteroatoms. The molecule has 1 aromatic heterocycles. The molecule has 0 bridgehead atoms. The molecule has 0 amide bonds. The summed E-state index contributed by atoms with van der Waals surface area (Å²) in [6.45, 7) is 0. The Bertz CT molecular complexity index is 1480. The van der Waals surface area contributed by atoms with Crippen LogP contribution in [0, 0.1) is 0 Å². The zero-order valence-electron chi connectivity index (χ0n) is 19.9. The van der Waals surface area contributed by atoms with Gasteiger partial charge in [0.2, 0.25) is 10.0 Å². The highest BCUT2D eigenvalue weighted by atomic mass is 32.2. The number of rotatable bonds is 8. The molecule has 0 saturated carbocycles. The number of nitrogens with zero attached hydrogens (tertiary/aromatic N) is 1. The number of H-pyrrole nitrogens is 1. The van der Waals surface area contributed by atoms with E-state index in [0.29, 0.717) is 22.6 Å². The number of hydrogen-bond acceptors (Lipinski definition) is 5. The number of aromatic amines is 1. The van der Waals surface area contributed by atoms with Crippen LogP contribution in [0.3, 0.4) is 0 Å². The third-order valence-corrected chi connectivity index (χ3v) is 7.53. The molecular weight excluding hydrogens is 464 g/mol. The second-order valence-electron chi connectivity index (χ2n) is 8.07. The van der Waals surface area contributed by atoms with Gasteiger partial charge in [-0.15, -0.1) is 0 Å². The van der Waals surface area contributed by atoms with Crippen molar-refractivity contribution >= 4 is 32.8 Å². The van der Waals surface area contributed by atoms with Crippen molar-refractivity contribution in [1.29, 1.82) is 0 Å². The largest absolute Gasteiger partial charge is 0.496 e. The van der Waals surface area contributed by atoms with Crippen LogP contribution in [0.1, 0.15) is 15.9 Å². The zero-order chi connectivity index (χ0) is 25.2. The molecule has 35 heavy (non-hydrogen) atoms. The van der Waals surface area contributed by atoms with Gasteiger partial charge in [0, 0.05) is 47.8 Å². The van der Waals surface area contributed by atoms with E-state index in [-0.39, 0.29) is 10.7 Å². The molecule has 0 radical (unpaired) electrons. The second kappa shape index (κ2) is 9.77. The molecule has 3 aromatic carbocycles. The minimum Gasteiger partial charge on any atom is -0.496 e. The predicted octanol–water partition coefficient (Wildman–Crippen LogP) is 5.00. The highest BCUT2D eigenvalue weighted by Crippen LogP contribution is 2.37. The van der Waals surface area contributed by atoms with Crippen LogP contribution in [0.2, 0.25) is 0 Å². The molecule has 0 unspecified atom stereocenters. The summed E-state index contributed by atoms with van der Waals surface area (Å²) in [6.07, 6.45) is 3.12. The van der Waals surface area contributed by atoms with Crippen molar-refractivity contribution in [3.63, 3.8) is 0 Å². The maximum atomic E-state index is 12.8. The Labute approximate surface area is 204 Å². The number of allylic oxidation sites excluding steroid dienone is 1. The fraction of sp³-hybridized carbons (Fsp3) is 0.148. The molecular formula is C27H26N2O5S. The van der Waals surface area contributed by atoms with Gasteiger partial charge in [-0.1, -0.05) is 18.2 Å². The van der Waals surface area contributed by atoms with E-state index in [1.807, 2.05) is 36.4 Å². The van der Waals surface area contributed by atoms with E-state index in [2.05, 4.69) is 4.98 Å². The molecule has 0 saturated heterocycles. The SMILES string of the molecule is COc1cc(OC)c(-c2cc3ccccc3[nH]2)cc1/C=C/C(=O)c1ccc(S(=O)(=O)N(C)C)cc1. The summed E-state index contributed by atoms with van der Waals surface area (Å²) in [6, 6.07) is 19.6. The maximum Gasteiger partial charge on any atom is 0.242 e. The fourth-order valence-corrected chi connectivity index (χ4v) is 4.65. The predicted molar refractivity (Wildman–Crippen MR) is 138 cm³/mol. The van der Waals surface area contributed by atoms with Gasteiger partial charge in [-0.3, -0.25) is 4.79 Å². The summed E-state index contributed by atoms with van der Waals surface area (Å²) in [4.78, 5) is 16.3. The van der Waals surface area contributed by atoms with Crippen LogP contribution in [-0.4, -0.2) is 51.8 Å². The van der Waals surface area contributed by atoms with Crippen LogP contribution in [-0.2, 0) is 10.0 Å². The lowest BCUT2D eigenvalue weighted by molar-refractivity contribution is 0.104. The lowest BCUT2D eigenvalue weighted by Crippen LogP contribution is -2.22. The van der Waals surface area contributed by atoms with Crippen LogP contribution in [0.4, 0.5) is 0 Å². The number of methoxy groups -OCH3 is 2. The number of sulfonamides is 1. The lowest BCUT2D eigenvalue weighted by Gasteiger charge is -2.12. The Morgan fingerprint density at radius 2 is 1.60 bits per heavy atom. The Morgan fingerprint density at radius 3 is 2.23 bits per heavy atom. The molecule has 0 aliphatic carbocycles. The molecule has 0 spiro atoms. The first-order valence-corrected chi connectivity index (χ1v) is 12.3. The normalized spacial score (nSPS) is 11.9. The average molecular weight is 491 g/mol. The van der Waals surface area contributed by atoms with E-state index in [1.54, 1.807) is 26.4 Å². The molecule has 4 aromatic rings. The summed E-state index contributed by atoms with van der Waals surface area (Å²) in [5.41, 5.74) is 3.79. The molecule has 4 rings (SSSR count). The number of fused-ring (bicyclic) bond motifs is 1. The number of ketones is 1. The van der Waals surface area contributed by atoms with Crippen LogP contribution in [0.15, 0.2) is 77.7 Å². The quantitative estimate of drug-likeness (QED) is 0.277. The third kappa shape index (κ3) is 4.84. The molecule has 1 heterocycles. The topological polar surface area (TPSA) is 88.7 Å². The highest BCUT2D eigenvalue weighted by Gasteiger charge is 2.17. The summed E-state index contributed by atoms with van der Waals surface area (Å²) >= 11 is 0. The number of benzene rings is 3. The van der Waals surface area contributed by atoms with Crippen LogP contribution < -0.4 is 9.47 Å². The van der Waals surface area contributed by atoms with Gasteiger partial charge in [-0.05, 0) is 54.6 Å². The Hall–Kier alpha value is -3.88. The lowest BCUT2D eigenvalue weighted by atomic mass is 10.0.